The van der Waals surface area contributed by atoms with Crippen LogP contribution in [0.3, 0.4) is 0 Å². The predicted molar refractivity (Wildman–Crippen MR) is 62.2 cm³/mol. The van der Waals surface area contributed by atoms with Crippen LogP contribution in [0.25, 0.3) is 0 Å². The number of hydrogen-bond donors (Lipinski definition) is 1. The molecule has 2 rings (SSSR count). The van der Waals surface area contributed by atoms with Gasteiger partial charge in [0, 0.05) is 17.6 Å². The molecule has 2 N–H and O–H groups in total. The second-order valence-corrected chi connectivity index (χ2v) is 4.72. The maximum absolute atomic E-state index is 11.0. The lowest BCUT2D eigenvalue weighted by Gasteiger charge is -2.38. The summed E-state index contributed by atoms with van der Waals surface area (Å²) < 4.78 is 1.07. The smallest absolute Gasteiger partial charge is 0.234 e. The number of benzene rings is 1. The second-order valence-electron chi connectivity index (χ2n) is 3.81. The van der Waals surface area contributed by atoms with Gasteiger partial charge in [0.15, 0.2) is 0 Å². The van der Waals surface area contributed by atoms with Crippen LogP contribution in [0.5, 0.6) is 0 Å². The Morgan fingerprint density at radius 1 is 1.60 bits per heavy atom. The fourth-order valence-electron chi connectivity index (χ4n) is 1.82. The first kappa shape index (κ1) is 10.6. The number of amides is 1. The van der Waals surface area contributed by atoms with Crippen molar-refractivity contribution in [3.05, 3.63) is 34.3 Å². The predicted octanol–water partition coefficient (Wildman–Crippen LogP) is 1.51. The van der Waals surface area contributed by atoms with E-state index in [1.54, 1.807) is 0 Å². The Labute approximate surface area is 97.4 Å². The molecule has 0 radical (unpaired) electrons. The zero-order chi connectivity index (χ0) is 10.8. The molecule has 1 saturated heterocycles. The van der Waals surface area contributed by atoms with Gasteiger partial charge in [-0.05, 0) is 24.1 Å². The van der Waals surface area contributed by atoms with E-state index in [1.165, 1.54) is 5.56 Å². The monoisotopic (exact) mass is 268 g/mol. The first-order valence-corrected chi connectivity index (χ1v) is 5.74. The van der Waals surface area contributed by atoms with Crippen molar-refractivity contribution in [2.24, 2.45) is 5.73 Å². The van der Waals surface area contributed by atoms with Crippen molar-refractivity contribution in [1.82, 2.24) is 4.90 Å². The van der Waals surface area contributed by atoms with E-state index in [0.29, 0.717) is 0 Å². The van der Waals surface area contributed by atoms with E-state index in [-0.39, 0.29) is 11.9 Å². The third-order valence-electron chi connectivity index (χ3n) is 2.73. The normalized spacial score (nSPS) is 21.0. The Hall–Kier alpha value is -0.870. The van der Waals surface area contributed by atoms with Crippen LogP contribution in [0.4, 0.5) is 0 Å². The minimum atomic E-state index is -0.212. The van der Waals surface area contributed by atoms with E-state index >= 15 is 0 Å². The summed E-state index contributed by atoms with van der Waals surface area (Å²) in [4.78, 5) is 13.1. The summed E-state index contributed by atoms with van der Waals surface area (Å²) in [5.41, 5.74) is 6.49. The van der Waals surface area contributed by atoms with Gasteiger partial charge in [-0.2, -0.15) is 0 Å². The van der Waals surface area contributed by atoms with E-state index in [2.05, 4.69) is 33.0 Å². The van der Waals surface area contributed by atoms with E-state index in [0.717, 1.165) is 24.0 Å². The molecule has 4 heteroatoms. The molecule has 0 spiro atoms. The zero-order valence-corrected chi connectivity index (χ0v) is 9.90. The van der Waals surface area contributed by atoms with Crippen LogP contribution in [0, 0.1) is 0 Å². The summed E-state index contributed by atoms with van der Waals surface area (Å²) in [6.45, 7) is 1.76. The fourth-order valence-corrected chi connectivity index (χ4v) is 2.27. The minimum absolute atomic E-state index is 0.0658. The van der Waals surface area contributed by atoms with Crippen molar-refractivity contribution in [3.63, 3.8) is 0 Å². The summed E-state index contributed by atoms with van der Waals surface area (Å²) in [6.07, 6.45) is 0.892. The lowest BCUT2D eigenvalue weighted by atomic mass is 10.0. The largest absolute Gasteiger partial charge is 0.368 e. The number of rotatable bonds is 3. The van der Waals surface area contributed by atoms with Gasteiger partial charge in [-0.15, -0.1) is 0 Å². The van der Waals surface area contributed by atoms with Gasteiger partial charge in [-0.25, -0.2) is 0 Å². The number of hydrogen-bond acceptors (Lipinski definition) is 2. The van der Waals surface area contributed by atoms with Gasteiger partial charge >= 0.3 is 0 Å². The van der Waals surface area contributed by atoms with Crippen LogP contribution >= 0.6 is 15.9 Å². The summed E-state index contributed by atoms with van der Waals surface area (Å²) in [7, 11) is 0. The first-order chi connectivity index (χ1) is 7.16. The van der Waals surface area contributed by atoms with E-state index < -0.39 is 0 Å². The topological polar surface area (TPSA) is 46.3 Å². The molecule has 80 valence electrons. The quantitative estimate of drug-likeness (QED) is 0.904. The Bertz CT molecular complexity index is 381. The molecule has 0 aliphatic carbocycles. The van der Waals surface area contributed by atoms with Gasteiger partial charge in [0.1, 0.15) is 0 Å². The van der Waals surface area contributed by atoms with Gasteiger partial charge in [0.05, 0.1) is 6.04 Å². The molecule has 3 nitrogen and oxygen atoms in total. The van der Waals surface area contributed by atoms with E-state index in [9.17, 15) is 4.79 Å². The number of halogens is 1. The Kier molecular flexibility index (Phi) is 3.07. The second kappa shape index (κ2) is 4.33. The number of primary amides is 1. The molecule has 1 heterocycles. The van der Waals surface area contributed by atoms with Gasteiger partial charge in [-0.3, -0.25) is 9.69 Å². The number of carbonyl (C=O) groups excluding carboxylic acids is 1. The highest BCUT2D eigenvalue weighted by molar-refractivity contribution is 9.10. The lowest BCUT2D eigenvalue weighted by molar-refractivity contribution is -0.127. The average Bonchev–Trinajstić information content (AvgIpc) is 2.11. The maximum Gasteiger partial charge on any atom is 0.234 e. The van der Waals surface area contributed by atoms with Crippen molar-refractivity contribution in [2.45, 2.75) is 19.0 Å². The van der Waals surface area contributed by atoms with Crippen molar-refractivity contribution in [3.8, 4) is 0 Å². The highest BCUT2D eigenvalue weighted by atomic mass is 79.9. The molecule has 1 fully saturated rings. The maximum atomic E-state index is 11.0. The van der Waals surface area contributed by atoms with Crippen molar-refractivity contribution in [1.29, 1.82) is 0 Å². The molecule has 0 aromatic heterocycles. The van der Waals surface area contributed by atoms with Crippen molar-refractivity contribution >= 4 is 21.8 Å². The van der Waals surface area contributed by atoms with E-state index in [4.69, 9.17) is 5.73 Å². The van der Waals surface area contributed by atoms with Gasteiger partial charge < -0.3 is 5.73 Å². The molecule has 0 bridgehead atoms. The summed E-state index contributed by atoms with van der Waals surface area (Å²) in [5, 5.41) is 0. The first-order valence-electron chi connectivity index (χ1n) is 4.94. The van der Waals surface area contributed by atoms with E-state index in [1.807, 2.05) is 12.1 Å². The third-order valence-corrected chi connectivity index (χ3v) is 3.23. The average molecular weight is 269 g/mol. The molecule has 15 heavy (non-hydrogen) atoms. The Balaban J connectivity index is 2.00. The third kappa shape index (κ3) is 2.38. The summed E-state index contributed by atoms with van der Waals surface area (Å²) >= 11 is 3.43. The number of likely N-dealkylation sites (tertiary alicyclic amines) is 1. The SMILES string of the molecule is NC(=O)[C@H]1CCN1Cc1cccc(Br)c1. The summed E-state index contributed by atoms with van der Waals surface area (Å²) in [6, 6.07) is 8.05. The molecular formula is C11H13BrN2O. The number of nitrogens with zero attached hydrogens (tertiary/aromatic N) is 1. The zero-order valence-electron chi connectivity index (χ0n) is 8.32. The van der Waals surface area contributed by atoms with Crippen molar-refractivity contribution in [2.75, 3.05) is 6.54 Å². The van der Waals surface area contributed by atoms with Crippen LogP contribution < -0.4 is 5.73 Å². The van der Waals surface area contributed by atoms with Gasteiger partial charge in [0.25, 0.3) is 0 Å². The summed E-state index contributed by atoms with van der Waals surface area (Å²) in [5.74, 6) is -0.212. The standard InChI is InChI=1S/C11H13BrN2O/c12-9-3-1-2-8(6-9)7-14-5-4-10(14)11(13)15/h1-3,6,10H,4-5,7H2,(H2,13,15)/t10-/m1/s1. The molecular weight excluding hydrogens is 256 g/mol. The highest BCUT2D eigenvalue weighted by Gasteiger charge is 2.32. The Morgan fingerprint density at radius 2 is 2.40 bits per heavy atom. The Morgan fingerprint density at radius 3 is 2.93 bits per heavy atom. The van der Waals surface area contributed by atoms with Crippen LogP contribution in [-0.4, -0.2) is 23.4 Å². The van der Waals surface area contributed by atoms with Gasteiger partial charge in [-0.1, -0.05) is 28.1 Å². The number of nitrogens with two attached hydrogens (primary N) is 1. The van der Waals surface area contributed by atoms with Crippen LogP contribution in [0.15, 0.2) is 28.7 Å². The molecule has 0 saturated carbocycles. The fraction of sp³-hybridized carbons (Fsp3) is 0.364. The molecule has 1 aromatic carbocycles. The molecule has 1 atom stereocenters. The van der Waals surface area contributed by atoms with Crippen LogP contribution in [-0.2, 0) is 11.3 Å². The highest BCUT2D eigenvalue weighted by Crippen LogP contribution is 2.21. The minimum Gasteiger partial charge on any atom is -0.368 e. The molecule has 1 aliphatic heterocycles. The molecule has 1 aliphatic rings. The molecule has 1 amide bonds. The number of carbonyl (C=O) groups is 1. The van der Waals surface area contributed by atoms with Gasteiger partial charge in [0.2, 0.25) is 5.91 Å². The lowest BCUT2D eigenvalue weighted by Crippen LogP contribution is -2.54. The van der Waals surface area contributed by atoms with Crippen molar-refractivity contribution < 1.29 is 4.79 Å². The van der Waals surface area contributed by atoms with Crippen LogP contribution in [0.1, 0.15) is 12.0 Å². The van der Waals surface area contributed by atoms with Crippen LogP contribution in [0.2, 0.25) is 0 Å². The molecule has 1 aromatic rings. The molecule has 0 unspecified atom stereocenters.